The Bertz CT molecular complexity index is 465. The van der Waals surface area contributed by atoms with Crippen LogP contribution in [0.4, 0.5) is 0 Å². The van der Waals surface area contributed by atoms with Crippen molar-refractivity contribution < 1.29 is 9.15 Å². The zero-order valence-corrected chi connectivity index (χ0v) is 11.2. The summed E-state index contributed by atoms with van der Waals surface area (Å²) in [6.45, 7) is 2.75. The summed E-state index contributed by atoms with van der Waals surface area (Å²) in [6.07, 6.45) is 5.90. The van der Waals surface area contributed by atoms with E-state index in [1.807, 2.05) is 24.3 Å². The van der Waals surface area contributed by atoms with E-state index in [-0.39, 0.29) is 6.10 Å². The third-order valence-electron chi connectivity index (χ3n) is 2.95. The Morgan fingerprint density at radius 3 is 2.68 bits per heavy atom. The van der Waals surface area contributed by atoms with Gasteiger partial charge in [0.25, 0.3) is 0 Å². The summed E-state index contributed by atoms with van der Waals surface area (Å²) in [5.41, 5.74) is 6.73. The number of ether oxygens (including phenoxy) is 1. The molecule has 1 aromatic carbocycles. The molecule has 0 aliphatic carbocycles. The number of benzene rings is 1. The highest BCUT2D eigenvalue weighted by Crippen LogP contribution is 2.25. The summed E-state index contributed by atoms with van der Waals surface area (Å²) in [5, 5.41) is 0. The Kier molecular flexibility index (Phi) is 4.98. The third-order valence-corrected chi connectivity index (χ3v) is 2.95. The van der Waals surface area contributed by atoms with Crippen molar-refractivity contribution in [3.05, 3.63) is 48.2 Å². The lowest BCUT2D eigenvalue weighted by molar-refractivity contribution is 0.156. The van der Waals surface area contributed by atoms with Crippen molar-refractivity contribution in [1.82, 2.24) is 4.98 Å². The topological polar surface area (TPSA) is 61.3 Å². The molecule has 1 unspecified atom stereocenters. The van der Waals surface area contributed by atoms with Gasteiger partial charge in [-0.15, -0.1) is 0 Å². The molecule has 0 bridgehead atoms. The predicted octanol–water partition coefficient (Wildman–Crippen LogP) is 3.23. The lowest BCUT2D eigenvalue weighted by atomic mass is 10.1. The van der Waals surface area contributed by atoms with E-state index in [0.29, 0.717) is 12.4 Å². The van der Waals surface area contributed by atoms with Gasteiger partial charge in [0, 0.05) is 0 Å². The number of hydrogen-bond acceptors (Lipinski definition) is 4. The van der Waals surface area contributed by atoms with Crippen LogP contribution in [0.15, 0.2) is 41.1 Å². The molecule has 0 saturated carbocycles. The fourth-order valence-electron chi connectivity index (χ4n) is 1.88. The second kappa shape index (κ2) is 6.95. The molecule has 0 radical (unpaired) electrons. The van der Waals surface area contributed by atoms with E-state index in [1.165, 1.54) is 5.56 Å². The van der Waals surface area contributed by atoms with Crippen LogP contribution in [0.3, 0.4) is 0 Å². The number of unbranched alkanes of at least 4 members (excludes halogenated alkanes) is 1. The minimum Gasteiger partial charge on any atom is -0.481 e. The molecule has 2 rings (SSSR count). The minimum atomic E-state index is -0.149. The summed E-state index contributed by atoms with van der Waals surface area (Å²) in [7, 11) is 0. The molecule has 2 N–H and O–H groups in total. The van der Waals surface area contributed by atoms with Gasteiger partial charge in [-0.1, -0.05) is 17.7 Å². The van der Waals surface area contributed by atoms with Crippen LogP contribution in [0.5, 0.6) is 5.75 Å². The highest BCUT2D eigenvalue weighted by Gasteiger charge is 2.17. The van der Waals surface area contributed by atoms with Gasteiger partial charge in [0.1, 0.15) is 12.0 Å². The van der Waals surface area contributed by atoms with Crippen molar-refractivity contribution in [3.63, 3.8) is 0 Å². The fourth-order valence-corrected chi connectivity index (χ4v) is 1.88. The molecule has 102 valence electrons. The van der Waals surface area contributed by atoms with Crippen molar-refractivity contribution in [3.8, 4) is 5.75 Å². The van der Waals surface area contributed by atoms with Crippen LogP contribution in [0.25, 0.3) is 0 Å². The molecule has 19 heavy (non-hydrogen) atoms. The first-order chi connectivity index (χ1) is 9.29. The van der Waals surface area contributed by atoms with Crippen molar-refractivity contribution in [2.45, 2.75) is 32.3 Å². The zero-order valence-electron chi connectivity index (χ0n) is 11.2. The number of nitrogens with two attached hydrogens (primary N) is 1. The maximum Gasteiger partial charge on any atom is 0.235 e. The van der Waals surface area contributed by atoms with E-state index in [1.54, 1.807) is 12.5 Å². The highest BCUT2D eigenvalue weighted by molar-refractivity contribution is 5.26. The first kappa shape index (κ1) is 13.6. The first-order valence-corrected chi connectivity index (χ1v) is 6.62. The Hall–Kier alpha value is -1.81. The van der Waals surface area contributed by atoms with Gasteiger partial charge in [-0.05, 0) is 44.9 Å². The molecule has 0 spiro atoms. The lowest BCUT2D eigenvalue weighted by Crippen LogP contribution is -2.09. The molecule has 2 aromatic rings. The Morgan fingerprint density at radius 1 is 1.26 bits per heavy atom. The number of hydrogen-bond donors (Lipinski definition) is 1. The molecule has 0 saturated heterocycles. The minimum absolute atomic E-state index is 0.149. The van der Waals surface area contributed by atoms with E-state index >= 15 is 0 Å². The van der Waals surface area contributed by atoms with Crippen LogP contribution in [0.2, 0.25) is 0 Å². The number of nitrogens with zero attached hydrogens (tertiary/aromatic N) is 1. The van der Waals surface area contributed by atoms with Gasteiger partial charge >= 0.3 is 0 Å². The van der Waals surface area contributed by atoms with Crippen LogP contribution in [-0.4, -0.2) is 11.5 Å². The van der Waals surface area contributed by atoms with E-state index in [9.17, 15) is 0 Å². The van der Waals surface area contributed by atoms with Gasteiger partial charge in [0.05, 0.1) is 6.20 Å². The zero-order chi connectivity index (χ0) is 13.5. The van der Waals surface area contributed by atoms with Crippen LogP contribution < -0.4 is 10.5 Å². The second-order valence-electron chi connectivity index (χ2n) is 4.57. The smallest absolute Gasteiger partial charge is 0.235 e. The molecule has 0 fully saturated rings. The average Bonchev–Trinajstić information content (AvgIpc) is 2.94. The number of aryl methyl sites for hydroxylation is 1. The van der Waals surface area contributed by atoms with Crippen LogP contribution in [0, 0.1) is 6.92 Å². The summed E-state index contributed by atoms with van der Waals surface area (Å²) >= 11 is 0. The van der Waals surface area contributed by atoms with Crippen LogP contribution >= 0.6 is 0 Å². The normalized spacial score (nSPS) is 12.3. The number of rotatable bonds is 7. The van der Waals surface area contributed by atoms with Gasteiger partial charge in [0.15, 0.2) is 6.10 Å². The second-order valence-corrected chi connectivity index (χ2v) is 4.57. The Labute approximate surface area is 113 Å². The van der Waals surface area contributed by atoms with E-state index < -0.39 is 0 Å². The van der Waals surface area contributed by atoms with Crippen molar-refractivity contribution >= 4 is 0 Å². The Balaban J connectivity index is 2.02. The fraction of sp³-hybridized carbons (Fsp3) is 0.400. The standard InChI is InChI=1S/C15H20N2O2/c1-12-5-7-13(8-6-12)19-14(4-2-3-9-16)15-17-10-11-18-15/h5-8,10-11,14H,2-4,9,16H2,1H3. The highest BCUT2D eigenvalue weighted by atomic mass is 16.5. The summed E-state index contributed by atoms with van der Waals surface area (Å²) in [5.74, 6) is 1.46. The monoisotopic (exact) mass is 260 g/mol. The molecule has 4 nitrogen and oxygen atoms in total. The molecular weight excluding hydrogens is 240 g/mol. The van der Waals surface area contributed by atoms with E-state index in [0.717, 1.165) is 25.0 Å². The molecule has 0 amide bonds. The molecule has 1 heterocycles. The first-order valence-electron chi connectivity index (χ1n) is 6.62. The molecule has 4 heteroatoms. The summed E-state index contributed by atoms with van der Waals surface area (Å²) in [4.78, 5) is 4.19. The van der Waals surface area contributed by atoms with Gasteiger partial charge in [-0.25, -0.2) is 4.98 Å². The maximum absolute atomic E-state index is 5.96. The number of aromatic nitrogens is 1. The van der Waals surface area contributed by atoms with Crippen molar-refractivity contribution in [2.75, 3.05) is 6.54 Å². The SMILES string of the molecule is Cc1ccc(OC(CCCCN)c2ncco2)cc1. The maximum atomic E-state index is 5.96. The lowest BCUT2D eigenvalue weighted by Gasteiger charge is -2.16. The predicted molar refractivity (Wildman–Crippen MR) is 74.0 cm³/mol. The molecule has 1 aromatic heterocycles. The van der Waals surface area contributed by atoms with Gasteiger partial charge in [-0.3, -0.25) is 0 Å². The van der Waals surface area contributed by atoms with Crippen molar-refractivity contribution in [2.24, 2.45) is 5.73 Å². The van der Waals surface area contributed by atoms with E-state index in [2.05, 4.69) is 11.9 Å². The Morgan fingerprint density at radius 2 is 2.05 bits per heavy atom. The largest absolute Gasteiger partial charge is 0.481 e. The third kappa shape index (κ3) is 4.10. The molecular formula is C15H20N2O2. The molecule has 1 atom stereocenters. The average molecular weight is 260 g/mol. The quantitative estimate of drug-likeness (QED) is 0.776. The van der Waals surface area contributed by atoms with E-state index in [4.69, 9.17) is 14.9 Å². The molecule has 0 aliphatic rings. The number of oxazole rings is 1. The summed E-state index contributed by atoms with van der Waals surface area (Å²) < 4.78 is 11.3. The van der Waals surface area contributed by atoms with Gasteiger partial charge in [-0.2, -0.15) is 0 Å². The summed E-state index contributed by atoms with van der Waals surface area (Å²) in [6, 6.07) is 7.99. The van der Waals surface area contributed by atoms with Gasteiger partial charge in [0.2, 0.25) is 5.89 Å². The van der Waals surface area contributed by atoms with Gasteiger partial charge < -0.3 is 14.9 Å². The van der Waals surface area contributed by atoms with Crippen LogP contribution in [-0.2, 0) is 0 Å². The van der Waals surface area contributed by atoms with Crippen molar-refractivity contribution in [1.29, 1.82) is 0 Å². The molecule has 0 aliphatic heterocycles. The van der Waals surface area contributed by atoms with Crippen LogP contribution in [0.1, 0.15) is 36.8 Å².